The zero-order valence-corrected chi connectivity index (χ0v) is 15.3. The van der Waals surface area contributed by atoms with Gasteiger partial charge in [0.1, 0.15) is 0 Å². The Morgan fingerprint density at radius 3 is 2.38 bits per heavy atom. The van der Waals surface area contributed by atoms with Gasteiger partial charge in [-0.2, -0.15) is 0 Å². The number of carbonyl (C=O) groups is 2. The summed E-state index contributed by atoms with van der Waals surface area (Å²) in [5.41, 5.74) is 0.905. The van der Waals surface area contributed by atoms with Crippen molar-refractivity contribution in [2.75, 3.05) is 6.54 Å². The van der Waals surface area contributed by atoms with Crippen LogP contribution in [0.25, 0.3) is 0 Å². The third-order valence-electron chi connectivity index (χ3n) is 4.71. The highest BCUT2D eigenvalue weighted by atomic mass is 35.5. The van der Waals surface area contributed by atoms with Crippen LogP contribution >= 0.6 is 11.6 Å². The molecule has 1 atom stereocenters. The molecule has 0 aliphatic heterocycles. The quantitative estimate of drug-likeness (QED) is 0.840. The Hall–Kier alpha value is -1.55. The maximum absolute atomic E-state index is 12.9. The van der Waals surface area contributed by atoms with Gasteiger partial charge in [0, 0.05) is 24.5 Å². The van der Waals surface area contributed by atoms with Crippen LogP contribution in [-0.4, -0.2) is 29.3 Å². The van der Waals surface area contributed by atoms with E-state index >= 15 is 0 Å². The van der Waals surface area contributed by atoms with Gasteiger partial charge < -0.3 is 10.2 Å². The van der Waals surface area contributed by atoms with Crippen molar-refractivity contribution in [1.29, 1.82) is 0 Å². The van der Waals surface area contributed by atoms with Gasteiger partial charge in [0.25, 0.3) is 0 Å². The van der Waals surface area contributed by atoms with Crippen molar-refractivity contribution in [1.82, 2.24) is 10.2 Å². The van der Waals surface area contributed by atoms with Crippen molar-refractivity contribution in [2.24, 2.45) is 0 Å². The molecular weight excluding hydrogens is 324 g/mol. The first-order valence-corrected chi connectivity index (χ1v) is 9.21. The van der Waals surface area contributed by atoms with E-state index in [-0.39, 0.29) is 24.3 Å². The minimum absolute atomic E-state index is 0.109. The van der Waals surface area contributed by atoms with Crippen molar-refractivity contribution in [2.45, 2.75) is 64.5 Å². The Bertz CT molecular complexity index is 553. The van der Waals surface area contributed by atoms with Crippen molar-refractivity contribution in [3.05, 3.63) is 34.9 Å². The smallest absolute Gasteiger partial charge is 0.225 e. The molecule has 1 aliphatic carbocycles. The van der Waals surface area contributed by atoms with E-state index in [1.165, 1.54) is 26.2 Å². The molecule has 1 aromatic rings. The molecule has 1 saturated carbocycles. The zero-order chi connectivity index (χ0) is 17.5. The molecule has 1 fully saturated rings. The van der Waals surface area contributed by atoms with E-state index in [1.807, 2.05) is 24.0 Å². The summed E-state index contributed by atoms with van der Waals surface area (Å²) in [6.07, 6.45) is 6.12. The molecule has 24 heavy (non-hydrogen) atoms. The van der Waals surface area contributed by atoms with E-state index < -0.39 is 0 Å². The van der Waals surface area contributed by atoms with Crippen LogP contribution in [-0.2, 0) is 9.59 Å². The number of nitrogens with zero attached hydrogens (tertiary/aromatic N) is 1. The van der Waals surface area contributed by atoms with E-state index in [4.69, 9.17) is 11.6 Å². The molecule has 0 bridgehead atoms. The standard InChI is InChI=1S/C19H27ClN2O2/c1-3-22(17-7-5-4-6-8-17)19(24)13-18(21-14(2)23)15-9-11-16(20)12-10-15/h9-12,17-18H,3-8,13H2,1-2H3,(H,21,23). The third kappa shape index (κ3) is 5.23. The first-order valence-electron chi connectivity index (χ1n) is 8.83. The van der Waals surface area contributed by atoms with Crippen molar-refractivity contribution in [3.63, 3.8) is 0 Å². The van der Waals surface area contributed by atoms with Crippen LogP contribution in [0, 0.1) is 0 Å². The number of hydrogen-bond acceptors (Lipinski definition) is 2. The number of carbonyl (C=O) groups excluding carboxylic acids is 2. The Kier molecular flexibility index (Phi) is 7.10. The minimum atomic E-state index is -0.315. The minimum Gasteiger partial charge on any atom is -0.349 e. The largest absolute Gasteiger partial charge is 0.349 e. The highest BCUT2D eigenvalue weighted by Gasteiger charge is 2.26. The molecule has 2 amide bonds. The lowest BCUT2D eigenvalue weighted by Crippen LogP contribution is -2.43. The molecule has 1 unspecified atom stereocenters. The van der Waals surface area contributed by atoms with Crippen LogP contribution in [0.1, 0.15) is 64.0 Å². The summed E-state index contributed by atoms with van der Waals surface area (Å²) in [7, 11) is 0. The molecule has 0 radical (unpaired) electrons. The summed E-state index contributed by atoms with van der Waals surface area (Å²) < 4.78 is 0. The molecule has 0 heterocycles. The van der Waals surface area contributed by atoms with Gasteiger partial charge in [0.05, 0.1) is 12.5 Å². The molecule has 0 saturated heterocycles. The SMILES string of the molecule is CCN(C(=O)CC(NC(C)=O)c1ccc(Cl)cc1)C1CCCCC1. The molecule has 1 N–H and O–H groups in total. The second-order valence-electron chi connectivity index (χ2n) is 6.48. The molecule has 132 valence electrons. The number of nitrogens with one attached hydrogen (secondary N) is 1. The lowest BCUT2D eigenvalue weighted by Gasteiger charge is -2.34. The first kappa shape index (κ1) is 18.8. The fourth-order valence-corrected chi connectivity index (χ4v) is 3.64. The van der Waals surface area contributed by atoms with Gasteiger partial charge in [-0.1, -0.05) is 43.0 Å². The Balaban J connectivity index is 2.10. The maximum atomic E-state index is 12.9. The van der Waals surface area contributed by atoms with Gasteiger partial charge in [-0.25, -0.2) is 0 Å². The first-order chi connectivity index (χ1) is 11.5. The van der Waals surface area contributed by atoms with Crippen LogP contribution in [0.2, 0.25) is 5.02 Å². The van der Waals surface area contributed by atoms with Crippen LogP contribution in [0.3, 0.4) is 0 Å². The Labute approximate surface area is 149 Å². The number of halogens is 1. The van der Waals surface area contributed by atoms with E-state index in [0.29, 0.717) is 11.1 Å². The monoisotopic (exact) mass is 350 g/mol. The predicted molar refractivity (Wildman–Crippen MR) is 96.9 cm³/mol. The summed E-state index contributed by atoms with van der Waals surface area (Å²) >= 11 is 5.94. The lowest BCUT2D eigenvalue weighted by molar-refractivity contribution is -0.134. The van der Waals surface area contributed by atoms with Crippen LogP contribution in [0.5, 0.6) is 0 Å². The summed E-state index contributed by atoms with van der Waals surface area (Å²) in [6.45, 7) is 4.23. The van der Waals surface area contributed by atoms with Gasteiger partial charge >= 0.3 is 0 Å². The predicted octanol–water partition coefficient (Wildman–Crippen LogP) is 4.09. The van der Waals surface area contributed by atoms with E-state index in [2.05, 4.69) is 5.32 Å². The Morgan fingerprint density at radius 1 is 1.21 bits per heavy atom. The molecular formula is C19H27ClN2O2. The van der Waals surface area contributed by atoms with Crippen molar-refractivity contribution < 1.29 is 9.59 Å². The molecule has 5 heteroatoms. The number of hydrogen-bond donors (Lipinski definition) is 1. The maximum Gasteiger partial charge on any atom is 0.225 e. The van der Waals surface area contributed by atoms with Crippen LogP contribution in [0.15, 0.2) is 24.3 Å². The molecule has 4 nitrogen and oxygen atoms in total. The van der Waals surface area contributed by atoms with Crippen LogP contribution in [0.4, 0.5) is 0 Å². The number of benzene rings is 1. The summed E-state index contributed by atoms with van der Waals surface area (Å²) in [5.74, 6) is -0.0263. The van der Waals surface area contributed by atoms with Gasteiger partial charge in [0.15, 0.2) is 0 Å². The fourth-order valence-electron chi connectivity index (χ4n) is 3.52. The molecule has 0 spiro atoms. The van der Waals surface area contributed by atoms with Gasteiger partial charge in [0.2, 0.25) is 11.8 Å². The highest BCUT2D eigenvalue weighted by Crippen LogP contribution is 2.25. The summed E-state index contributed by atoms with van der Waals surface area (Å²) in [6, 6.07) is 7.34. The third-order valence-corrected chi connectivity index (χ3v) is 4.96. The summed E-state index contributed by atoms with van der Waals surface area (Å²) in [5, 5.41) is 3.54. The average molecular weight is 351 g/mol. The van der Waals surface area contributed by atoms with Crippen molar-refractivity contribution >= 4 is 23.4 Å². The van der Waals surface area contributed by atoms with E-state index in [1.54, 1.807) is 12.1 Å². The summed E-state index contributed by atoms with van der Waals surface area (Å²) in [4.78, 5) is 26.4. The van der Waals surface area contributed by atoms with Gasteiger partial charge in [-0.05, 0) is 37.5 Å². The normalized spacial score (nSPS) is 16.5. The number of rotatable bonds is 6. The van der Waals surface area contributed by atoms with E-state index in [0.717, 1.165) is 24.9 Å². The second-order valence-corrected chi connectivity index (χ2v) is 6.92. The lowest BCUT2D eigenvalue weighted by atomic mass is 9.93. The van der Waals surface area contributed by atoms with Gasteiger partial charge in [-0.3, -0.25) is 9.59 Å². The molecule has 1 aliphatic rings. The average Bonchev–Trinajstić information content (AvgIpc) is 2.56. The second kappa shape index (κ2) is 9.07. The molecule has 1 aromatic carbocycles. The molecule has 2 rings (SSSR count). The molecule has 0 aromatic heterocycles. The van der Waals surface area contributed by atoms with Crippen molar-refractivity contribution in [3.8, 4) is 0 Å². The Morgan fingerprint density at radius 2 is 1.83 bits per heavy atom. The topological polar surface area (TPSA) is 49.4 Å². The van der Waals surface area contributed by atoms with E-state index in [9.17, 15) is 9.59 Å². The fraction of sp³-hybridized carbons (Fsp3) is 0.579. The number of amides is 2. The zero-order valence-electron chi connectivity index (χ0n) is 14.6. The van der Waals surface area contributed by atoms with Gasteiger partial charge in [-0.15, -0.1) is 0 Å². The van der Waals surface area contributed by atoms with Crippen LogP contribution < -0.4 is 5.32 Å². The highest BCUT2D eigenvalue weighted by molar-refractivity contribution is 6.30.